The molecule has 1 aromatic carbocycles. The molecule has 0 aliphatic heterocycles. The predicted molar refractivity (Wildman–Crippen MR) is 111 cm³/mol. The Hall–Kier alpha value is -3.59. The third kappa shape index (κ3) is 6.19. The minimum atomic E-state index is -0.334. The summed E-state index contributed by atoms with van der Waals surface area (Å²) in [6.07, 6.45) is 1.68. The number of hydrogen-bond donors (Lipinski definition) is 1. The van der Waals surface area contributed by atoms with Crippen LogP contribution in [-0.2, 0) is 16.1 Å². The molecule has 0 fully saturated rings. The smallest absolute Gasteiger partial charge is 0.276 e. The lowest BCUT2D eigenvalue weighted by atomic mass is 10.1. The molecule has 9 heteroatoms. The molecule has 0 aliphatic rings. The molecule has 3 rings (SSSR count). The summed E-state index contributed by atoms with van der Waals surface area (Å²) in [7, 11) is 3.14. The van der Waals surface area contributed by atoms with Gasteiger partial charge in [0, 0.05) is 38.2 Å². The highest BCUT2D eigenvalue weighted by Crippen LogP contribution is 2.23. The summed E-state index contributed by atoms with van der Waals surface area (Å²) in [5.41, 5.74) is 0.936. The molecule has 0 unspecified atom stereocenters. The summed E-state index contributed by atoms with van der Waals surface area (Å²) in [5, 5.41) is 6.67. The van der Waals surface area contributed by atoms with Gasteiger partial charge in [-0.15, -0.1) is 0 Å². The van der Waals surface area contributed by atoms with Gasteiger partial charge in [-0.3, -0.25) is 9.59 Å². The summed E-state index contributed by atoms with van der Waals surface area (Å²) >= 11 is 0. The number of methoxy groups -OCH3 is 2. The molecule has 0 aliphatic carbocycles. The minimum Gasteiger partial charge on any atom is -0.497 e. The zero-order valence-corrected chi connectivity index (χ0v) is 17.5. The van der Waals surface area contributed by atoms with E-state index < -0.39 is 0 Å². The van der Waals surface area contributed by atoms with Gasteiger partial charge in [-0.1, -0.05) is 5.16 Å². The molecule has 3 aromatic rings. The van der Waals surface area contributed by atoms with Crippen LogP contribution in [0.1, 0.15) is 22.7 Å². The number of furan rings is 1. The lowest BCUT2D eigenvalue weighted by molar-refractivity contribution is -0.121. The Morgan fingerprint density at radius 1 is 1.13 bits per heavy atom. The average Bonchev–Trinajstić information content (AvgIpc) is 3.50. The predicted octanol–water partition coefficient (Wildman–Crippen LogP) is 2.74. The van der Waals surface area contributed by atoms with Crippen LogP contribution in [0.3, 0.4) is 0 Å². The van der Waals surface area contributed by atoms with E-state index in [1.54, 1.807) is 50.8 Å². The van der Waals surface area contributed by atoms with E-state index in [9.17, 15) is 9.59 Å². The number of rotatable bonds is 11. The SMILES string of the molecule is COCCN(CCC(=O)NCc1ccco1)C(=O)c1cc(-c2ccc(OC)cc2)on1. The van der Waals surface area contributed by atoms with Gasteiger partial charge in [0.05, 0.1) is 26.5 Å². The zero-order chi connectivity index (χ0) is 22.1. The Labute approximate surface area is 179 Å². The Morgan fingerprint density at radius 3 is 2.61 bits per heavy atom. The van der Waals surface area contributed by atoms with Crippen LogP contribution in [0.15, 0.2) is 57.7 Å². The van der Waals surface area contributed by atoms with Crippen LogP contribution in [0, 0.1) is 0 Å². The third-order valence-electron chi connectivity index (χ3n) is 4.61. The van der Waals surface area contributed by atoms with Gasteiger partial charge < -0.3 is 28.6 Å². The second-order valence-electron chi connectivity index (χ2n) is 6.70. The molecule has 0 saturated carbocycles. The summed E-state index contributed by atoms with van der Waals surface area (Å²) in [6, 6.07) is 12.3. The maximum Gasteiger partial charge on any atom is 0.276 e. The van der Waals surface area contributed by atoms with Crippen LogP contribution in [-0.4, -0.2) is 55.8 Å². The molecule has 0 bridgehead atoms. The average molecular weight is 427 g/mol. The molecule has 2 heterocycles. The molecule has 2 amide bonds. The highest BCUT2D eigenvalue weighted by atomic mass is 16.5. The number of carbonyl (C=O) groups is 2. The fraction of sp³-hybridized carbons (Fsp3) is 0.318. The first-order valence-electron chi connectivity index (χ1n) is 9.79. The molecule has 2 aromatic heterocycles. The van der Waals surface area contributed by atoms with Crippen LogP contribution < -0.4 is 10.1 Å². The van der Waals surface area contributed by atoms with Crippen molar-refractivity contribution in [3.8, 4) is 17.1 Å². The molecule has 9 nitrogen and oxygen atoms in total. The van der Waals surface area contributed by atoms with Gasteiger partial charge in [0.2, 0.25) is 5.91 Å². The van der Waals surface area contributed by atoms with Crippen molar-refractivity contribution in [1.82, 2.24) is 15.4 Å². The lowest BCUT2D eigenvalue weighted by Gasteiger charge is -2.20. The molecule has 31 heavy (non-hydrogen) atoms. The first kappa shape index (κ1) is 22.1. The van der Waals surface area contributed by atoms with E-state index in [2.05, 4.69) is 10.5 Å². The maximum absolute atomic E-state index is 12.9. The Kier molecular flexibility index (Phi) is 7.83. The highest BCUT2D eigenvalue weighted by Gasteiger charge is 2.21. The van der Waals surface area contributed by atoms with Crippen molar-refractivity contribution in [1.29, 1.82) is 0 Å². The topological polar surface area (TPSA) is 107 Å². The van der Waals surface area contributed by atoms with Crippen molar-refractivity contribution in [3.05, 3.63) is 60.2 Å². The molecule has 164 valence electrons. The maximum atomic E-state index is 12.9. The van der Waals surface area contributed by atoms with Gasteiger partial charge in [0.1, 0.15) is 11.5 Å². The number of ether oxygens (including phenoxy) is 2. The number of nitrogens with zero attached hydrogens (tertiary/aromatic N) is 2. The molecule has 0 radical (unpaired) electrons. The van der Waals surface area contributed by atoms with E-state index in [0.717, 1.165) is 11.3 Å². The first-order chi connectivity index (χ1) is 15.1. The van der Waals surface area contributed by atoms with Crippen molar-refractivity contribution < 1.29 is 28.0 Å². The van der Waals surface area contributed by atoms with Crippen molar-refractivity contribution >= 4 is 11.8 Å². The van der Waals surface area contributed by atoms with Crippen molar-refractivity contribution in [2.45, 2.75) is 13.0 Å². The van der Waals surface area contributed by atoms with Gasteiger partial charge in [0.15, 0.2) is 11.5 Å². The molecular weight excluding hydrogens is 402 g/mol. The Balaban J connectivity index is 1.60. The van der Waals surface area contributed by atoms with Gasteiger partial charge in [-0.05, 0) is 36.4 Å². The Bertz CT molecular complexity index is 966. The number of aromatic nitrogens is 1. The molecule has 1 N–H and O–H groups in total. The van der Waals surface area contributed by atoms with Gasteiger partial charge in [-0.2, -0.15) is 0 Å². The van der Waals surface area contributed by atoms with Crippen LogP contribution in [0.4, 0.5) is 0 Å². The molecule has 0 saturated heterocycles. The minimum absolute atomic E-state index is 0.138. The fourth-order valence-corrected chi connectivity index (χ4v) is 2.87. The molecule has 0 spiro atoms. The summed E-state index contributed by atoms with van der Waals surface area (Å²) in [4.78, 5) is 26.6. The summed E-state index contributed by atoms with van der Waals surface area (Å²) < 4.78 is 20.8. The van der Waals surface area contributed by atoms with Gasteiger partial charge in [0.25, 0.3) is 5.91 Å². The number of amides is 2. The standard InChI is InChI=1S/C22H25N3O6/c1-28-13-11-25(10-9-21(26)23-15-18-4-3-12-30-18)22(27)19-14-20(31-24-19)16-5-7-17(29-2)8-6-16/h3-8,12,14H,9-11,13,15H2,1-2H3,(H,23,26). The molecule has 0 atom stereocenters. The summed E-state index contributed by atoms with van der Waals surface area (Å²) in [6.45, 7) is 1.18. The lowest BCUT2D eigenvalue weighted by Crippen LogP contribution is -2.37. The van der Waals surface area contributed by atoms with Crippen molar-refractivity contribution in [2.24, 2.45) is 0 Å². The van der Waals surface area contributed by atoms with E-state index in [-0.39, 0.29) is 30.5 Å². The van der Waals surface area contributed by atoms with E-state index >= 15 is 0 Å². The zero-order valence-electron chi connectivity index (χ0n) is 17.5. The Morgan fingerprint density at radius 2 is 1.94 bits per heavy atom. The second kappa shape index (κ2) is 11.0. The highest BCUT2D eigenvalue weighted by molar-refractivity contribution is 5.93. The van der Waals surface area contributed by atoms with Crippen LogP contribution >= 0.6 is 0 Å². The number of hydrogen-bond acceptors (Lipinski definition) is 7. The fourth-order valence-electron chi connectivity index (χ4n) is 2.87. The van der Waals surface area contributed by atoms with Gasteiger partial charge in [-0.25, -0.2) is 0 Å². The van der Waals surface area contributed by atoms with E-state index in [1.807, 2.05) is 12.1 Å². The second-order valence-corrected chi connectivity index (χ2v) is 6.70. The number of nitrogens with one attached hydrogen (secondary N) is 1. The van der Waals surface area contributed by atoms with Gasteiger partial charge >= 0.3 is 0 Å². The quantitative estimate of drug-likeness (QED) is 0.501. The monoisotopic (exact) mass is 427 g/mol. The normalized spacial score (nSPS) is 10.6. The van der Waals surface area contributed by atoms with Crippen LogP contribution in [0.2, 0.25) is 0 Å². The number of carbonyl (C=O) groups excluding carboxylic acids is 2. The first-order valence-corrected chi connectivity index (χ1v) is 9.79. The van der Waals surface area contributed by atoms with Crippen molar-refractivity contribution in [3.63, 3.8) is 0 Å². The summed E-state index contributed by atoms with van der Waals surface area (Å²) in [5.74, 6) is 1.32. The third-order valence-corrected chi connectivity index (χ3v) is 4.61. The van der Waals surface area contributed by atoms with E-state index in [0.29, 0.717) is 31.2 Å². The van der Waals surface area contributed by atoms with E-state index in [1.165, 1.54) is 4.90 Å². The van der Waals surface area contributed by atoms with Crippen molar-refractivity contribution in [2.75, 3.05) is 33.9 Å². The van der Waals surface area contributed by atoms with Crippen LogP contribution in [0.25, 0.3) is 11.3 Å². The van der Waals surface area contributed by atoms with Crippen LogP contribution in [0.5, 0.6) is 5.75 Å². The van der Waals surface area contributed by atoms with E-state index in [4.69, 9.17) is 18.4 Å². The molecular formula is C22H25N3O6. The number of benzene rings is 1. The largest absolute Gasteiger partial charge is 0.497 e.